The van der Waals surface area contributed by atoms with E-state index in [-0.39, 0.29) is 18.4 Å². The zero-order valence-electron chi connectivity index (χ0n) is 20.3. The Morgan fingerprint density at radius 3 is 2.11 bits per heavy atom. The van der Waals surface area contributed by atoms with E-state index in [2.05, 4.69) is 22.8 Å². The molecule has 2 unspecified atom stereocenters. The number of benzene rings is 2. The number of fused-ring (bicyclic) bond motifs is 3. The summed E-state index contributed by atoms with van der Waals surface area (Å²) in [5, 5.41) is 14.9. The summed E-state index contributed by atoms with van der Waals surface area (Å²) in [5.74, 6) is -1.09. The zero-order valence-corrected chi connectivity index (χ0v) is 20.3. The minimum absolute atomic E-state index is 0.0734. The highest BCUT2D eigenvalue weighted by atomic mass is 16.5. The summed E-state index contributed by atoms with van der Waals surface area (Å²) >= 11 is 0. The molecule has 0 bridgehead atoms. The van der Waals surface area contributed by atoms with Crippen LogP contribution in [0.2, 0.25) is 0 Å². The Bertz CT molecular complexity index is 1040. The van der Waals surface area contributed by atoms with E-state index in [1.807, 2.05) is 50.2 Å². The summed E-state index contributed by atoms with van der Waals surface area (Å²) in [4.78, 5) is 37.4. The minimum Gasteiger partial charge on any atom is -0.480 e. The molecule has 0 aromatic heterocycles. The number of hydrogen-bond donors (Lipinski definition) is 3. The number of carbonyl (C=O) groups is 3. The molecule has 0 spiro atoms. The highest BCUT2D eigenvalue weighted by Gasteiger charge is 2.34. The molecule has 2 aromatic rings. The molecule has 3 atom stereocenters. The van der Waals surface area contributed by atoms with E-state index in [1.54, 1.807) is 0 Å². The van der Waals surface area contributed by atoms with Crippen molar-refractivity contribution in [2.45, 2.75) is 64.0 Å². The number of ether oxygens (including phenoxy) is 1. The molecule has 1 fully saturated rings. The SMILES string of the molecule is CCC(C)CC(NC(=O)[C@H](CC1CC1)NC(=O)OCC1c2ccccc2-c2ccccc21)C(=O)O. The highest BCUT2D eigenvalue weighted by molar-refractivity contribution is 5.89. The molecule has 4 rings (SSSR count). The minimum atomic E-state index is -1.06. The molecule has 2 aliphatic carbocycles. The van der Waals surface area contributed by atoms with Crippen molar-refractivity contribution >= 4 is 18.0 Å². The van der Waals surface area contributed by atoms with Gasteiger partial charge in [0, 0.05) is 5.92 Å². The Hall–Kier alpha value is -3.35. The molecule has 7 nitrogen and oxygen atoms in total. The van der Waals surface area contributed by atoms with Crippen molar-refractivity contribution < 1.29 is 24.2 Å². The number of aliphatic carboxylic acids is 1. The molecular weight excluding hydrogens is 444 g/mol. The Kier molecular flexibility index (Phi) is 7.73. The largest absolute Gasteiger partial charge is 0.480 e. The topological polar surface area (TPSA) is 105 Å². The van der Waals surface area contributed by atoms with Gasteiger partial charge in [0.25, 0.3) is 0 Å². The Labute approximate surface area is 206 Å². The van der Waals surface area contributed by atoms with Crippen LogP contribution in [0, 0.1) is 11.8 Å². The lowest BCUT2D eigenvalue weighted by atomic mass is 9.98. The van der Waals surface area contributed by atoms with Gasteiger partial charge in [-0.15, -0.1) is 0 Å². The van der Waals surface area contributed by atoms with Crippen molar-refractivity contribution in [3.63, 3.8) is 0 Å². The Balaban J connectivity index is 1.39. The average molecular weight is 479 g/mol. The third-order valence-electron chi connectivity index (χ3n) is 7.17. The van der Waals surface area contributed by atoms with Gasteiger partial charge < -0.3 is 20.5 Å². The van der Waals surface area contributed by atoms with Crippen LogP contribution in [-0.2, 0) is 14.3 Å². The van der Waals surface area contributed by atoms with E-state index in [0.717, 1.165) is 41.5 Å². The molecule has 35 heavy (non-hydrogen) atoms. The third-order valence-corrected chi connectivity index (χ3v) is 7.17. The van der Waals surface area contributed by atoms with E-state index in [9.17, 15) is 19.5 Å². The lowest BCUT2D eigenvalue weighted by Gasteiger charge is -2.23. The van der Waals surface area contributed by atoms with Crippen LogP contribution in [0.1, 0.15) is 63.0 Å². The molecule has 0 heterocycles. The van der Waals surface area contributed by atoms with E-state index in [4.69, 9.17) is 4.74 Å². The number of carboxylic acids is 1. The molecule has 186 valence electrons. The van der Waals surface area contributed by atoms with Gasteiger partial charge in [0.05, 0.1) is 0 Å². The smallest absolute Gasteiger partial charge is 0.407 e. The number of alkyl carbamates (subject to hydrolysis) is 1. The van der Waals surface area contributed by atoms with Crippen molar-refractivity contribution in [1.82, 2.24) is 10.6 Å². The molecule has 0 radical (unpaired) electrons. The van der Waals surface area contributed by atoms with Crippen LogP contribution < -0.4 is 10.6 Å². The van der Waals surface area contributed by atoms with E-state index >= 15 is 0 Å². The molecular formula is C28H34N2O5. The molecule has 2 aromatic carbocycles. The number of carbonyl (C=O) groups excluding carboxylic acids is 2. The first-order chi connectivity index (χ1) is 16.9. The molecule has 7 heteroatoms. The van der Waals surface area contributed by atoms with Gasteiger partial charge >= 0.3 is 12.1 Å². The maximum atomic E-state index is 13.0. The second-order valence-corrected chi connectivity index (χ2v) is 9.85. The fraction of sp³-hybridized carbons (Fsp3) is 0.464. The summed E-state index contributed by atoms with van der Waals surface area (Å²) in [7, 11) is 0. The van der Waals surface area contributed by atoms with Gasteiger partial charge in [0.1, 0.15) is 18.7 Å². The second kappa shape index (κ2) is 10.9. The fourth-order valence-electron chi connectivity index (χ4n) is 4.76. The van der Waals surface area contributed by atoms with E-state index < -0.39 is 30.1 Å². The summed E-state index contributed by atoms with van der Waals surface area (Å²) in [6, 6.07) is 14.4. The molecule has 0 aliphatic heterocycles. The summed E-state index contributed by atoms with van der Waals surface area (Å²) in [5.41, 5.74) is 4.51. The van der Waals surface area contributed by atoms with Gasteiger partial charge in [0.15, 0.2) is 0 Å². The van der Waals surface area contributed by atoms with Crippen molar-refractivity contribution in [2.24, 2.45) is 11.8 Å². The second-order valence-electron chi connectivity index (χ2n) is 9.85. The average Bonchev–Trinajstić information content (AvgIpc) is 3.62. The normalized spacial score (nSPS) is 17.0. The van der Waals surface area contributed by atoms with Crippen LogP contribution in [0.5, 0.6) is 0 Å². The number of hydrogen-bond acceptors (Lipinski definition) is 4. The third kappa shape index (κ3) is 6.02. The fourth-order valence-corrected chi connectivity index (χ4v) is 4.76. The monoisotopic (exact) mass is 478 g/mol. The van der Waals surface area contributed by atoms with Crippen LogP contribution in [0.15, 0.2) is 48.5 Å². The van der Waals surface area contributed by atoms with Crippen molar-refractivity contribution in [3.8, 4) is 11.1 Å². The predicted octanol–water partition coefficient (Wildman–Crippen LogP) is 4.70. The van der Waals surface area contributed by atoms with Gasteiger partial charge in [-0.05, 0) is 46.9 Å². The van der Waals surface area contributed by atoms with Crippen molar-refractivity contribution in [1.29, 1.82) is 0 Å². The number of rotatable bonds is 11. The zero-order chi connectivity index (χ0) is 24.9. The van der Waals surface area contributed by atoms with Crippen LogP contribution in [0.4, 0.5) is 4.79 Å². The van der Waals surface area contributed by atoms with Crippen molar-refractivity contribution in [2.75, 3.05) is 6.61 Å². The van der Waals surface area contributed by atoms with Crippen LogP contribution >= 0.6 is 0 Å². The first kappa shape index (κ1) is 24.8. The maximum absolute atomic E-state index is 13.0. The standard InChI is InChI=1S/C28H34N2O5/c1-3-17(2)14-25(27(32)33)29-26(31)24(15-18-12-13-18)30-28(34)35-16-23-21-10-6-4-8-19(21)20-9-5-7-11-22(20)23/h4-11,17-18,23-25H,3,12-16H2,1-2H3,(H,29,31)(H,30,34)(H,32,33)/t17?,24-,25?/m0/s1. The van der Waals surface area contributed by atoms with Crippen molar-refractivity contribution in [3.05, 3.63) is 59.7 Å². The number of nitrogens with one attached hydrogen (secondary N) is 2. The lowest BCUT2D eigenvalue weighted by Crippen LogP contribution is -2.52. The Morgan fingerprint density at radius 1 is 0.971 bits per heavy atom. The van der Waals surface area contributed by atoms with Gasteiger partial charge in [0.2, 0.25) is 5.91 Å². The highest BCUT2D eigenvalue weighted by Crippen LogP contribution is 2.44. The van der Waals surface area contributed by atoms with E-state index in [1.165, 1.54) is 0 Å². The van der Waals surface area contributed by atoms with Gasteiger partial charge in [-0.25, -0.2) is 9.59 Å². The first-order valence-electron chi connectivity index (χ1n) is 12.5. The van der Waals surface area contributed by atoms with Crippen LogP contribution in [0.25, 0.3) is 11.1 Å². The van der Waals surface area contributed by atoms with Crippen LogP contribution in [0.3, 0.4) is 0 Å². The van der Waals surface area contributed by atoms with Gasteiger partial charge in [-0.1, -0.05) is 81.6 Å². The maximum Gasteiger partial charge on any atom is 0.407 e. The molecule has 2 amide bonds. The number of amides is 2. The molecule has 2 aliphatic rings. The molecule has 3 N–H and O–H groups in total. The van der Waals surface area contributed by atoms with E-state index in [0.29, 0.717) is 18.8 Å². The van der Waals surface area contributed by atoms with Crippen LogP contribution in [-0.4, -0.2) is 41.8 Å². The summed E-state index contributed by atoms with van der Waals surface area (Å²) in [6.45, 7) is 4.10. The molecule has 1 saturated carbocycles. The Morgan fingerprint density at radius 2 is 1.57 bits per heavy atom. The summed E-state index contributed by atoms with van der Waals surface area (Å²) in [6.07, 6.45) is 2.99. The van der Waals surface area contributed by atoms with Gasteiger partial charge in [-0.2, -0.15) is 0 Å². The predicted molar refractivity (Wildman–Crippen MR) is 133 cm³/mol. The first-order valence-corrected chi connectivity index (χ1v) is 12.5. The number of carboxylic acid groups (broad SMARTS) is 1. The quantitative estimate of drug-likeness (QED) is 0.434. The molecule has 0 saturated heterocycles. The van der Waals surface area contributed by atoms with Gasteiger partial charge in [-0.3, -0.25) is 4.79 Å². The lowest BCUT2D eigenvalue weighted by molar-refractivity contribution is -0.142. The summed E-state index contributed by atoms with van der Waals surface area (Å²) < 4.78 is 5.61.